The zero-order valence-corrected chi connectivity index (χ0v) is 10.4. The molecule has 16 heavy (non-hydrogen) atoms. The van der Waals surface area contributed by atoms with Gasteiger partial charge in [-0.1, -0.05) is 6.92 Å². The fourth-order valence-corrected chi connectivity index (χ4v) is 1.46. The van der Waals surface area contributed by atoms with Crippen molar-refractivity contribution in [1.29, 1.82) is 0 Å². The van der Waals surface area contributed by atoms with Crippen molar-refractivity contribution in [2.75, 3.05) is 27.7 Å². The van der Waals surface area contributed by atoms with E-state index < -0.39 is 0 Å². The molecule has 1 N–H and O–H groups in total. The predicted octanol–water partition coefficient (Wildman–Crippen LogP) is -0.0225. The fourth-order valence-electron chi connectivity index (χ4n) is 1.46. The summed E-state index contributed by atoms with van der Waals surface area (Å²) in [6.07, 6.45) is 2.67. The number of rotatable bonds is 4. The normalized spacial score (nSPS) is 11.6. The fraction of sp³-hybridized carbons (Fsp3) is 0.700. The van der Waals surface area contributed by atoms with Crippen LogP contribution in [0.4, 0.5) is 0 Å². The highest BCUT2D eigenvalue weighted by molar-refractivity contribution is 5.79. The van der Waals surface area contributed by atoms with E-state index in [2.05, 4.69) is 32.0 Å². The highest BCUT2D eigenvalue weighted by Crippen LogP contribution is 1.94. The molecule has 6 nitrogen and oxygen atoms in total. The number of hydrogen-bond donors (Lipinski definition) is 1. The average Bonchev–Trinajstić information content (AvgIpc) is 2.71. The Balaban J connectivity index is 2.41. The van der Waals surface area contributed by atoms with Gasteiger partial charge in [-0.3, -0.25) is 4.99 Å². The maximum absolute atomic E-state index is 4.14. The number of nitrogens with zero attached hydrogens (tertiary/aromatic N) is 5. The molecule has 1 heterocycles. The van der Waals surface area contributed by atoms with E-state index in [-0.39, 0.29) is 0 Å². The Bertz CT molecular complexity index is 341. The number of guanidine groups is 1. The molecule has 0 aliphatic carbocycles. The lowest BCUT2D eigenvalue weighted by Crippen LogP contribution is -2.37. The quantitative estimate of drug-likeness (QED) is 0.577. The minimum Gasteiger partial charge on any atom is -0.354 e. The Morgan fingerprint density at radius 1 is 1.56 bits per heavy atom. The monoisotopic (exact) mass is 224 g/mol. The van der Waals surface area contributed by atoms with Crippen LogP contribution in [-0.4, -0.2) is 53.3 Å². The molecule has 0 amide bonds. The van der Waals surface area contributed by atoms with E-state index in [1.54, 1.807) is 13.4 Å². The van der Waals surface area contributed by atoms with Crippen LogP contribution in [0.15, 0.2) is 11.3 Å². The Kier molecular flexibility index (Phi) is 4.75. The summed E-state index contributed by atoms with van der Waals surface area (Å²) in [5, 5.41) is 11.2. The molecule has 0 unspecified atom stereocenters. The van der Waals surface area contributed by atoms with Gasteiger partial charge < -0.3 is 14.8 Å². The van der Waals surface area contributed by atoms with Gasteiger partial charge in [0.15, 0.2) is 5.96 Å². The number of aryl methyl sites for hydroxylation is 1. The van der Waals surface area contributed by atoms with Crippen LogP contribution in [0.2, 0.25) is 0 Å². The zero-order chi connectivity index (χ0) is 12.0. The lowest BCUT2D eigenvalue weighted by Gasteiger charge is -2.17. The van der Waals surface area contributed by atoms with E-state index in [4.69, 9.17) is 0 Å². The summed E-state index contributed by atoms with van der Waals surface area (Å²) in [5.41, 5.74) is 0. The van der Waals surface area contributed by atoms with Gasteiger partial charge in [0, 0.05) is 40.7 Å². The van der Waals surface area contributed by atoms with E-state index in [0.717, 1.165) is 31.3 Å². The first kappa shape index (κ1) is 12.5. The molecule has 1 aromatic rings. The highest BCUT2D eigenvalue weighted by Gasteiger charge is 2.02. The SMILES string of the molecule is CCc1nncn1CCNC(=NC)N(C)C. The van der Waals surface area contributed by atoms with Crippen LogP contribution >= 0.6 is 0 Å². The Hall–Kier alpha value is -1.59. The molecule has 0 saturated heterocycles. The predicted molar refractivity (Wildman–Crippen MR) is 64.4 cm³/mol. The molecule has 90 valence electrons. The van der Waals surface area contributed by atoms with Gasteiger partial charge in [-0.05, 0) is 0 Å². The lowest BCUT2D eigenvalue weighted by atomic mass is 10.4. The Morgan fingerprint density at radius 3 is 2.88 bits per heavy atom. The van der Waals surface area contributed by atoms with Crippen LogP contribution < -0.4 is 5.32 Å². The van der Waals surface area contributed by atoms with Crippen molar-refractivity contribution in [2.24, 2.45) is 4.99 Å². The summed E-state index contributed by atoms with van der Waals surface area (Å²) in [7, 11) is 5.70. The standard InChI is InChI=1S/C10H20N6/c1-5-9-14-13-8-16(9)7-6-12-10(11-2)15(3)4/h8H,5-7H2,1-4H3,(H,11,12). The Labute approximate surface area is 96.4 Å². The van der Waals surface area contributed by atoms with Gasteiger partial charge in [0.05, 0.1) is 0 Å². The van der Waals surface area contributed by atoms with Crippen LogP contribution in [0, 0.1) is 0 Å². The molecule has 0 saturated carbocycles. The Morgan fingerprint density at radius 2 is 2.31 bits per heavy atom. The molecule has 1 aromatic heterocycles. The second-order valence-corrected chi connectivity index (χ2v) is 3.66. The lowest BCUT2D eigenvalue weighted by molar-refractivity contribution is 0.562. The van der Waals surface area contributed by atoms with Gasteiger partial charge in [0.25, 0.3) is 0 Å². The summed E-state index contributed by atoms with van der Waals surface area (Å²) in [4.78, 5) is 6.09. The topological polar surface area (TPSA) is 58.3 Å². The smallest absolute Gasteiger partial charge is 0.193 e. The molecule has 0 bridgehead atoms. The maximum atomic E-state index is 4.14. The zero-order valence-electron chi connectivity index (χ0n) is 10.4. The molecule has 6 heteroatoms. The van der Waals surface area contributed by atoms with E-state index in [1.165, 1.54) is 0 Å². The van der Waals surface area contributed by atoms with Crippen LogP contribution in [-0.2, 0) is 13.0 Å². The molecule has 0 spiro atoms. The van der Waals surface area contributed by atoms with Crippen LogP contribution in [0.5, 0.6) is 0 Å². The third kappa shape index (κ3) is 3.22. The van der Waals surface area contributed by atoms with E-state index in [9.17, 15) is 0 Å². The summed E-state index contributed by atoms with van der Waals surface area (Å²) in [6, 6.07) is 0. The van der Waals surface area contributed by atoms with Gasteiger partial charge in [-0.2, -0.15) is 0 Å². The van der Waals surface area contributed by atoms with Gasteiger partial charge in [0.2, 0.25) is 0 Å². The van der Waals surface area contributed by atoms with E-state index in [1.807, 2.05) is 19.0 Å². The van der Waals surface area contributed by atoms with Gasteiger partial charge >= 0.3 is 0 Å². The minimum atomic E-state index is 0.815. The van der Waals surface area contributed by atoms with Crippen LogP contribution in [0.25, 0.3) is 0 Å². The maximum Gasteiger partial charge on any atom is 0.193 e. The average molecular weight is 224 g/mol. The molecule has 0 aliphatic rings. The van der Waals surface area contributed by atoms with Crippen molar-refractivity contribution in [1.82, 2.24) is 25.0 Å². The third-order valence-electron chi connectivity index (χ3n) is 2.28. The highest BCUT2D eigenvalue weighted by atomic mass is 15.3. The summed E-state index contributed by atoms with van der Waals surface area (Å²) >= 11 is 0. The number of aliphatic imine (C=N–C) groups is 1. The molecular weight excluding hydrogens is 204 g/mol. The molecule has 0 aromatic carbocycles. The van der Waals surface area contributed by atoms with E-state index >= 15 is 0 Å². The van der Waals surface area contributed by atoms with Crippen molar-refractivity contribution in [3.05, 3.63) is 12.2 Å². The number of aromatic nitrogens is 3. The largest absolute Gasteiger partial charge is 0.354 e. The molecular formula is C10H20N6. The van der Waals surface area contributed by atoms with Crippen LogP contribution in [0.3, 0.4) is 0 Å². The molecule has 1 rings (SSSR count). The summed E-state index contributed by atoms with van der Waals surface area (Å²) in [5.74, 6) is 1.90. The molecule has 0 atom stereocenters. The van der Waals surface area contributed by atoms with Crippen molar-refractivity contribution in [3.8, 4) is 0 Å². The first-order valence-corrected chi connectivity index (χ1v) is 5.43. The second-order valence-electron chi connectivity index (χ2n) is 3.66. The summed E-state index contributed by atoms with van der Waals surface area (Å²) < 4.78 is 2.05. The van der Waals surface area contributed by atoms with Gasteiger partial charge in [0.1, 0.15) is 12.2 Å². The second kappa shape index (κ2) is 6.09. The minimum absolute atomic E-state index is 0.815. The van der Waals surface area contributed by atoms with Crippen molar-refractivity contribution >= 4 is 5.96 Å². The molecule has 0 fully saturated rings. The van der Waals surface area contributed by atoms with Gasteiger partial charge in [-0.25, -0.2) is 0 Å². The van der Waals surface area contributed by atoms with Crippen molar-refractivity contribution < 1.29 is 0 Å². The first-order chi connectivity index (χ1) is 7.69. The number of hydrogen-bond acceptors (Lipinski definition) is 3. The van der Waals surface area contributed by atoms with Crippen molar-refractivity contribution in [2.45, 2.75) is 19.9 Å². The third-order valence-corrected chi connectivity index (χ3v) is 2.28. The number of nitrogens with one attached hydrogen (secondary N) is 1. The van der Waals surface area contributed by atoms with Gasteiger partial charge in [-0.15, -0.1) is 10.2 Å². The first-order valence-electron chi connectivity index (χ1n) is 5.43. The molecule has 0 aliphatic heterocycles. The summed E-state index contributed by atoms with van der Waals surface area (Å²) in [6.45, 7) is 3.74. The van der Waals surface area contributed by atoms with Crippen molar-refractivity contribution in [3.63, 3.8) is 0 Å². The van der Waals surface area contributed by atoms with Crippen LogP contribution in [0.1, 0.15) is 12.7 Å². The van der Waals surface area contributed by atoms with E-state index in [0.29, 0.717) is 0 Å². The molecule has 0 radical (unpaired) electrons.